The van der Waals surface area contributed by atoms with E-state index in [1.807, 2.05) is 52.0 Å². The zero-order valence-corrected chi connectivity index (χ0v) is 25.4. The normalized spacial score (nSPS) is 12.2. The molecule has 0 fully saturated rings. The van der Waals surface area contributed by atoms with Gasteiger partial charge < -0.3 is 10.2 Å². The maximum Gasteiger partial charge on any atom is 0.264 e. The molecule has 3 aromatic carbocycles. The predicted molar refractivity (Wildman–Crippen MR) is 159 cm³/mol. The van der Waals surface area contributed by atoms with E-state index >= 15 is 0 Å². The molecule has 0 saturated carbocycles. The highest BCUT2D eigenvalue weighted by Gasteiger charge is 2.32. The first-order chi connectivity index (χ1) is 18.4. The molecule has 0 spiro atoms. The molecule has 0 aromatic heterocycles. The van der Waals surface area contributed by atoms with Crippen molar-refractivity contribution in [3.8, 4) is 0 Å². The fourth-order valence-corrected chi connectivity index (χ4v) is 5.80. The lowest BCUT2D eigenvalue weighted by Crippen LogP contribution is -2.51. The maximum absolute atomic E-state index is 14.0. The van der Waals surface area contributed by atoms with Gasteiger partial charge in [0.25, 0.3) is 10.0 Å². The van der Waals surface area contributed by atoms with Gasteiger partial charge in [0.2, 0.25) is 11.8 Å². The largest absolute Gasteiger partial charge is 0.354 e. The molecule has 1 atom stereocenters. The quantitative estimate of drug-likeness (QED) is 0.311. The number of hydrogen-bond acceptors (Lipinski definition) is 4. The van der Waals surface area contributed by atoms with Crippen LogP contribution in [0.25, 0.3) is 0 Å². The molecule has 0 heterocycles. The molecule has 0 aliphatic carbocycles. The lowest BCUT2D eigenvalue weighted by Gasteiger charge is -2.32. The lowest BCUT2D eigenvalue weighted by atomic mass is 10.1. The van der Waals surface area contributed by atoms with Crippen LogP contribution in [0.2, 0.25) is 0 Å². The number of benzene rings is 3. The van der Waals surface area contributed by atoms with E-state index in [2.05, 4.69) is 21.2 Å². The molecule has 0 saturated heterocycles. The number of sulfonamides is 1. The fraction of sp³-hybridized carbons (Fsp3) is 0.333. The van der Waals surface area contributed by atoms with E-state index in [9.17, 15) is 18.0 Å². The minimum atomic E-state index is -4.10. The highest BCUT2D eigenvalue weighted by atomic mass is 79.9. The average Bonchev–Trinajstić information content (AvgIpc) is 2.89. The first-order valence-electron chi connectivity index (χ1n) is 12.9. The Hall–Kier alpha value is -3.17. The fourth-order valence-electron chi connectivity index (χ4n) is 4.00. The second kappa shape index (κ2) is 13.3. The summed E-state index contributed by atoms with van der Waals surface area (Å²) in [5.74, 6) is -0.532. The number of nitrogens with zero attached hydrogens (tertiary/aromatic N) is 2. The predicted octanol–water partition coefficient (Wildman–Crippen LogP) is 5.45. The third-order valence-corrected chi connectivity index (χ3v) is 8.72. The second-order valence-electron chi connectivity index (χ2n) is 10.1. The van der Waals surface area contributed by atoms with Crippen molar-refractivity contribution in [2.75, 3.05) is 17.4 Å². The van der Waals surface area contributed by atoms with Gasteiger partial charge in [-0.3, -0.25) is 13.9 Å². The minimum Gasteiger partial charge on any atom is -0.354 e. The van der Waals surface area contributed by atoms with E-state index in [0.717, 1.165) is 21.0 Å². The van der Waals surface area contributed by atoms with Crippen LogP contribution in [0, 0.1) is 19.8 Å². The van der Waals surface area contributed by atoms with Crippen molar-refractivity contribution >= 4 is 43.5 Å². The van der Waals surface area contributed by atoms with E-state index in [1.54, 1.807) is 43.3 Å². The Morgan fingerprint density at radius 2 is 1.59 bits per heavy atom. The average molecular weight is 615 g/mol. The molecule has 2 amide bonds. The Kier molecular flexibility index (Phi) is 10.3. The van der Waals surface area contributed by atoms with Crippen molar-refractivity contribution in [2.24, 2.45) is 5.92 Å². The van der Waals surface area contributed by atoms with E-state index in [-0.39, 0.29) is 23.3 Å². The molecular weight excluding hydrogens is 578 g/mol. The number of carbonyl (C=O) groups excluding carboxylic acids is 2. The number of amides is 2. The molecule has 39 heavy (non-hydrogen) atoms. The first kappa shape index (κ1) is 30.4. The first-order valence-corrected chi connectivity index (χ1v) is 15.1. The molecule has 9 heteroatoms. The molecule has 7 nitrogen and oxygen atoms in total. The molecule has 0 radical (unpaired) electrons. The van der Waals surface area contributed by atoms with Gasteiger partial charge in [-0.1, -0.05) is 77.8 Å². The molecular formula is C30H36BrN3O4S. The Morgan fingerprint density at radius 1 is 0.923 bits per heavy atom. The summed E-state index contributed by atoms with van der Waals surface area (Å²) in [6.45, 7) is 9.64. The van der Waals surface area contributed by atoms with Crippen LogP contribution in [0.3, 0.4) is 0 Å². The molecule has 3 rings (SSSR count). The standard InChI is InChI=1S/C30H36BrN3O4S/c1-21(2)18-32-30(36)24(5)33(19-25-10-7-6-9-23(25)4)29(35)20-34(27-12-8-11-26(31)17-27)39(37,38)28-15-13-22(3)14-16-28/h6-17,21,24H,18-20H2,1-5H3,(H,32,36)/t24-/m0/s1. The van der Waals surface area contributed by atoms with Gasteiger partial charge in [0.15, 0.2) is 0 Å². The van der Waals surface area contributed by atoms with Crippen molar-refractivity contribution in [2.45, 2.75) is 52.1 Å². The Labute approximate surface area is 240 Å². The van der Waals surface area contributed by atoms with Gasteiger partial charge in [-0.25, -0.2) is 8.42 Å². The number of nitrogens with one attached hydrogen (secondary N) is 1. The van der Waals surface area contributed by atoms with Crippen LogP contribution in [0.15, 0.2) is 82.2 Å². The number of aryl methyl sites for hydroxylation is 2. The Balaban J connectivity index is 2.02. The van der Waals surface area contributed by atoms with Crippen LogP contribution >= 0.6 is 15.9 Å². The number of rotatable bonds is 11. The smallest absolute Gasteiger partial charge is 0.264 e. The van der Waals surface area contributed by atoms with Crippen LogP contribution in [0.4, 0.5) is 5.69 Å². The Bertz CT molecular complexity index is 1410. The van der Waals surface area contributed by atoms with Crippen LogP contribution < -0.4 is 9.62 Å². The van der Waals surface area contributed by atoms with Crippen LogP contribution in [0.5, 0.6) is 0 Å². The van der Waals surface area contributed by atoms with E-state index in [0.29, 0.717) is 16.7 Å². The van der Waals surface area contributed by atoms with Gasteiger partial charge >= 0.3 is 0 Å². The monoisotopic (exact) mass is 613 g/mol. The molecule has 208 valence electrons. The van der Waals surface area contributed by atoms with Gasteiger partial charge in [-0.15, -0.1) is 0 Å². The van der Waals surface area contributed by atoms with Crippen molar-refractivity contribution in [1.82, 2.24) is 10.2 Å². The highest BCUT2D eigenvalue weighted by Crippen LogP contribution is 2.27. The van der Waals surface area contributed by atoms with E-state index < -0.39 is 28.5 Å². The van der Waals surface area contributed by atoms with Crippen molar-refractivity contribution < 1.29 is 18.0 Å². The van der Waals surface area contributed by atoms with Gasteiger partial charge in [0.1, 0.15) is 12.6 Å². The molecule has 0 bridgehead atoms. The van der Waals surface area contributed by atoms with Crippen LogP contribution in [-0.4, -0.2) is 44.3 Å². The SMILES string of the molecule is Cc1ccc(S(=O)(=O)N(CC(=O)N(Cc2ccccc2C)[C@@H](C)C(=O)NCC(C)C)c2cccc(Br)c2)cc1. The summed E-state index contributed by atoms with van der Waals surface area (Å²) in [5.41, 5.74) is 3.11. The number of anilines is 1. The molecule has 0 aliphatic heterocycles. The van der Waals surface area contributed by atoms with Crippen molar-refractivity contribution in [3.05, 3.63) is 94.0 Å². The number of hydrogen-bond donors (Lipinski definition) is 1. The summed E-state index contributed by atoms with van der Waals surface area (Å²) in [7, 11) is -4.10. The summed E-state index contributed by atoms with van der Waals surface area (Å²) >= 11 is 3.41. The summed E-state index contributed by atoms with van der Waals surface area (Å²) in [6.07, 6.45) is 0. The zero-order valence-electron chi connectivity index (χ0n) is 23.0. The summed E-state index contributed by atoms with van der Waals surface area (Å²) in [4.78, 5) is 28.6. The zero-order chi connectivity index (χ0) is 28.7. The molecule has 1 N–H and O–H groups in total. The van der Waals surface area contributed by atoms with E-state index in [4.69, 9.17) is 0 Å². The van der Waals surface area contributed by atoms with E-state index in [1.165, 1.54) is 17.0 Å². The summed E-state index contributed by atoms with van der Waals surface area (Å²) in [5, 5.41) is 2.90. The van der Waals surface area contributed by atoms with Crippen LogP contribution in [0.1, 0.15) is 37.5 Å². The summed E-state index contributed by atoms with van der Waals surface area (Å²) < 4.78 is 29.5. The van der Waals surface area contributed by atoms with Gasteiger partial charge in [0, 0.05) is 17.6 Å². The maximum atomic E-state index is 14.0. The third-order valence-electron chi connectivity index (χ3n) is 6.44. The Morgan fingerprint density at radius 3 is 2.21 bits per heavy atom. The van der Waals surface area contributed by atoms with Gasteiger partial charge in [-0.05, 0) is 68.1 Å². The van der Waals surface area contributed by atoms with Gasteiger partial charge in [-0.2, -0.15) is 0 Å². The topological polar surface area (TPSA) is 86.8 Å². The minimum absolute atomic E-state index is 0.0778. The van der Waals surface area contributed by atoms with Crippen molar-refractivity contribution in [3.63, 3.8) is 0 Å². The molecule has 3 aromatic rings. The van der Waals surface area contributed by atoms with Gasteiger partial charge in [0.05, 0.1) is 10.6 Å². The summed E-state index contributed by atoms with van der Waals surface area (Å²) in [6, 6.07) is 20.1. The number of carbonyl (C=O) groups is 2. The number of halogens is 1. The van der Waals surface area contributed by atoms with Crippen molar-refractivity contribution in [1.29, 1.82) is 0 Å². The third kappa shape index (κ3) is 7.92. The molecule has 0 aliphatic rings. The second-order valence-corrected chi connectivity index (χ2v) is 12.8. The van der Waals surface area contributed by atoms with Crippen LogP contribution in [-0.2, 0) is 26.2 Å². The molecule has 0 unspecified atom stereocenters. The lowest BCUT2D eigenvalue weighted by molar-refractivity contribution is -0.139. The highest BCUT2D eigenvalue weighted by molar-refractivity contribution is 9.10.